The minimum Gasteiger partial charge on any atom is -0.431 e. The lowest BCUT2D eigenvalue weighted by Crippen LogP contribution is -2.39. The van der Waals surface area contributed by atoms with Gasteiger partial charge in [-0.1, -0.05) is 18.0 Å². The Labute approximate surface area is 130 Å². The predicted octanol–water partition coefficient (Wildman–Crippen LogP) is 4.26. The smallest absolute Gasteiger partial charge is 0.387 e. The van der Waals surface area contributed by atoms with Crippen LogP contribution in [-0.2, 0) is 0 Å². The number of anilines is 1. The normalized spacial score (nSPS) is 19.1. The molecule has 1 aromatic rings. The van der Waals surface area contributed by atoms with E-state index in [1.165, 1.54) is 18.9 Å². The third-order valence-corrected chi connectivity index (χ3v) is 3.97. The Morgan fingerprint density at radius 1 is 1.45 bits per heavy atom. The zero-order valence-electron chi connectivity index (χ0n) is 10.8. The number of piperidine rings is 1. The van der Waals surface area contributed by atoms with Gasteiger partial charge in [0, 0.05) is 17.6 Å². The minimum atomic E-state index is -2.87. The van der Waals surface area contributed by atoms with Crippen LogP contribution in [0.4, 0.5) is 14.5 Å². The lowest BCUT2D eigenvalue weighted by atomic mass is 10.1. The Morgan fingerprint density at radius 2 is 2.25 bits per heavy atom. The fourth-order valence-electron chi connectivity index (χ4n) is 2.23. The van der Waals surface area contributed by atoms with Crippen LogP contribution < -0.4 is 15.4 Å². The van der Waals surface area contributed by atoms with Crippen molar-refractivity contribution in [1.29, 1.82) is 0 Å². The molecule has 0 saturated carbocycles. The molecule has 1 saturated heterocycles. The van der Waals surface area contributed by atoms with E-state index in [0.717, 1.165) is 13.0 Å². The van der Waals surface area contributed by atoms with E-state index in [1.54, 1.807) is 6.07 Å². The number of nitrogens with one attached hydrogen (secondary N) is 2. The van der Waals surface area contributed by atoms with Crippen LogP contribution >= 0.6 is 27.5 Å². The molecule has 0 radical (unpaired) electrons. The van der Waals surface area contributed by atoms with Crippen molar-refractivity contribution < 1.29 is 13.5 Å². The van der Waals surface area contributed by atoms with Crippen molar-refractivity contribution in [2.24, 2.45) is 0 Å². The molecule has 1 aliphatic heterocycles. The van der Waals surface area contributed by atoms with Gasteiger partial charge in [-0.3, -0.25) is 0 Å². The van der Waals surface area contributed by atoms with E-state index < -0.39 is 6.61 Å². The summed E-state index contributed by atoms with van der Waals surface area (Å²) in [7, 11) is 0. The number of alkyl halides is 2. The molecule has 20 heavy (non-hydrogen) atoms. The summed E-state index contributed by atoms with van der Waals surface area (Å²) < 4.78 is 29.9. The molecule has 1 aliphatic rings. The van der Waals surface area contributed by atoms with Crippen molar-refractivity contribution in [2.45, 2.75) is 31.9 Å². The molecule has 0 amide bonds. The van der Waals surface area contributed by atoms with Crippen molar-refractivity contribution in [3.8, 4) is 5.75 Å². The first-order valence-electron chi connectivity index (χ1n) is 6.47. The lowest BCUT2D eigenvalue weighted by Gasteiger charge is -2.25. The summed E-state index contributed by atoms with van der Waals surface area (Å²) >= 11 is 9.15. The van der Waals surface area contributed by atoms with E-state index in [2.05, 4.69) is 31.3 Å². The molecule has 0 spiro atoms. The molecule has 7 heteroatoms. The Bertz CT molecular complexity index is 456. The second kappa shape index (κ2) is 7.43. The number of rotatable bonds is 5. The monoisotopic (exact) mass is 368 g/mol. The summed E-state index contributed by atoms with van der Waals surface area (Å²) in [6.45, 7) is -1.24. The molecule has 3 nitrogen and oxygen atoms in total. The summed E-state index contributed by atoms with van der Waals surface area (Å²) in [6, 6.07) is 3.46. The second-order valence-electron chi connectivity index (χ2n) is 4.67. The number of halogens is 4. The summed E-state index contributed by atoms with van der Waals surface area (Å²) in [5.41, 5.74) is 0.469. The molecule has 0 aliphatic carbocycles. The van der Waals surface area contributed by atoms with Gasteiger partial charge in [0.2, 0.25) is 0 Å². The first-order chi connectivity index (χ1) is 9.56. The highest BCUT2D eigenvalue weighted by Crippen LogP contribution is 2.37. The van der Waals surface area contributed by atoms with Gasteiger partial charge >= 0.3 is 6.61 Å². The van der Waals surface area contributed by atoms with Gasteiger partial charge in [0.1, 0.15) is 0 Å². The fraction of sp³-hybridized carbons (Fsp3) is 0.538. The Morgan fingerprint density at radius 3 is 2.90 bits per heavy atom. The summed E-state index contributed by atoms with van der Waals surface area (Å²) in [5.74, 6) is 0.0835. The zero-order valence-corrected chi connectivity index (χ0v) is 13.1. The molecule has 0 bridgehead atoms. The van der Waals surface area contributed by atoms with E-state index in [9.17, 15) is 8.78 Å². The average Bonchev–Trinajstić information content (AvgIpc) is 2.40. The van der Waals surface area contributed by atoms with Gasteiger partial charge < -0.3 is 15.4 Å². The van der Waals surface area contributed by atoms with Crippen LogP contribution in [0.1, 0.15) is 19.3 Å². The highest BCUT2D eigenvalue weighted by molar-refractivity contribution is 9.10. The Hall–Kier alpha value is -0.590. The van der Waals surface area contributed by atoms with E-state index in [1.807, 2.05) is 0 Å². The molecule has 1 unspecified atom stereocenters. The van der Waals surface area contributed by atoms with Crippen LogP contribution in [-0.4, -0.2) is 25.7 Å². The van der Waals surface area contributed by atoms with Crippen LogP contribution in [0, 0.1) is 0 Å². The number of hydrogen-bond acceptors (Lipinski definition) is 3. The number of benzene rings is 1. The second-order valence-corrected chi connectivity index (χ2v) is 5.96. The van der Waals surface area contributed by atoms with Gasteiger partial charge in [-0.2, -0.15) is 8.78 Å². The largest absolute Gasteiger partial charge is 0.431 e. The molecule has 1 heterocycles. The van der Waals surface area contributed by atoms with Crippen LogP contribution in [0.5, 0.6) is 5.75 Å². The predicted molar refractivity (Wildman–Crippen MR) is 79.9 cm³/mol. The van der Waals surface area contributed by atoms with Gasteiger partial charge in [-0.25, -0.2) is 0 Å². The maximum Gasteiger partial charge on any atom is 0.387 e. The fourth-order valence-corrected chi connectivity index (χ4v) is 3.14. The molecule has 2 N–H and O–H groups in total. The topological polar surface area (TPSA) is 33.3 Å². The van der Waals surface area contributed by atoms with E-state index in [0.29, 0.717) is 27.8 Å². The van der Waals surface area contributed by atoms with Crippen molar-refractivity contribution in [2.75, 3.05) is 18.4 Å². The van der Waals surface area contributed by atoms with E-state index in [-0.39, 0.29) is 5.75 Å². The van der Waals surface area contributed by atoms with Gasteiger partial charge in [-0.15, -0.1) is 0 Å². The molecule has 112 valence electrons. The quantitative estimate of drug-likeness (QED) is 0.814. The van der Waals surface area contributed by atoms with Crippen molar-refractivity contribution in [1.82, 2.24) is 5.32 Å². The SMILES string of the molecule is FC(F)Oc1c(Br)cc(Cl)cc1NCC1CCCCN1. The van der Waals surface area contributed by atoms with Crippen molar-refractivity contribution >= 4 is 33.2 Å². The van der Waals surface area contributed by atoms with Crippen LogP contribution in [0.15, 0.2) is 16.6 Å². The van der Waals surface area contributed by atoms with Gasteiger partial charge in [0.05, 0.1) is 10.2 Å². The van der Waals surface area contributed by atoms with Crippen LogP contribution in [0.25, 0.3) is 0 Å². The molecule has 2 rings (SSSR count). The first-order valence-corrected chi connectivity index (χ1v) is 7.64. The first kappa shape index (κ1) is 15.8. The third kappa shape index (κ3) is 4.46. The van der Waals surface area contributed by atoms with Crippen LogP contribution in [0.2, 0.25) is 5.02 Å². The summed E-state index contributed by atoms with van der Waals surface area (Å²) in [6.07, 6.45) is 3.43. The third-order valence-electron chi connectivity index (χ3n) is 3.17. The Balaban J connectivity index is 2.08. The molecular formula is C13H16BrClF2N2O. The highest BCUT2D eigenvalue weighted by atomic mass is 79.9. The summed E-state index contributed by atoms with van der Waals surface area (Å²) in [5, 5.41) is 6.97. The van der Waals surface area contributed by atoms with Crippen LogP contribution in [0.3, 0.4) is 0 Å². The summed E-state index contributed by atoms with van der Waals surface area (Å²) in [4.78, 5) is 0. The van der Waals surface area contributed by atoms with Crippen molar-refractivity contribution in [3.05, 3.63) is 21.6 Å². The molecule has 1 aromatic carbocycles. The standard InChI is InChI=1S/C13H16BrClF2N2O/c14-10-5-8(15)6-11(12(10)20-13(16)17)19-7-9-3-1-2-4-18-9/h5-6,9,13,18-19H,1-4,7H2. The zero-order chi connectivity index (χ0) is 14.5. The van der Waals surface area contributed by atoms with E-state index >= 15 is 0 Å². The highest BCUT2D eigenvalue weighted by Gasteiger charge is 2.17. The molecule has 0 aromatic heterocycles. The number of hydrogen-bond donors (Lipinski definition) is 2. The minimum absolute atomic E-state index is 0.0835. The van der Waals surface area contributed by atoms with Gasteiger partial charge in [0.15, 0.2) is 5.75 Å². The maximum absolute atomic E-state index is 12.5. The molecule has 1 atom stereocenters. The van der Waals surface area contributed by atoms with E-state index in [4.69, 9.17) is 11.6 Å². The number of ether oxygens (including phenoxy) is 1. The van der Waals surface area contributed by atoms with Gasteiger partial charge in [0.25, 0.3) is 0 Å². The maximum atomic E-state index is 12.5. The molecular weight excluding hydrogens is 354 g/mol. The van der Waals surface area contributed by atoms with Gasteiger partial charge in [-0.05, 0) is 47.4 Å². The van der Waals surface area contributed by atoms with Crippen molar-refractivity contribution in [3.63, 3.8) is 0 Å². The Kier molecular flexibility index (Phi) is 5.86. The average molecular weight is 370 g/mol. The molecule has 1 fully saturated rings. The lowest BCUT2D eigenvalue weighted by molar-refractivity contribution is -0.0498.